The van der Waals surface area contributed by atoms with Crippen LogP contribution in [0, 0.1) is 0 Å². The quantitative estimate of drug-likeness (QED) is 0.240. The minimum absolute atomic E-state index is 0. The largest absolute Gasteiger partial charge is 0.356 e. The first-order valence-electron chi connectivity index (χ1n) is 8.20. The molecule has 3 heterocycles. The van der Waals surface area contributed by atoms with Crippen LogP contribution in [0.2, 0.25) is 0 Å². The van der Waals surface area contributed by atoms with E-state index < -0.39 is 0 Å². The number of rotatable bonds is 7. The fourth-order valence-corrected chi connectivity index (χ4v) is 2.36. The fourth-order valence-electron chi connectivity index (χ4n) is 2.36. The third-order valence-corrected chi connectivity index (χ3v) is 3.68. The van der Waals surface area contributed by atoms with E-state index in [1.54, 1.807) is 25.8 Å². The summed E-state index contributed by atoms with van der Waals surface area (Å²) in [7, 11) is 1.77. The van der Waals surface area contributed by atoms with Crippen molar-refractivity contribution < 1.29 is 0 Å². The van der Waals surface area contributed by atoms with Gasteiger partial charge < -0.3 is 10.6 Å². The summed E-state index contributed by atoms with van der Waals surface area (Å²) in [5, 5.41) is 10.8. The zero-order valence-corrected chi connectivity index (χ0v) is 16.9. The Morgan fingerprint density at radius 1 is 1.19 bits per heavy atom. The maximum Gasteiger partial charge on any atom is 0.191 e. The summed E-state index contributed by atoms with van der Waals surface area (Å²) >= 11 is 0. The summed E-state index contributed by atoms with van der Waals surface area (Å²) in [6, 6.07) is 5.94. The Hall–Kier alpha value is -2.43. The average molecular weight is 466 g/mol. The molecule has 3 aromatic heterocycles. The molecule has 9 heteroatoms. The molecule has 0 aliphatic heterocycles. The van der Waals surface area contributed by atoms with Crippen LogP contribution in [0.4, 0.5) is 0 Å². The van der Waals surface area contributed by atoms with E-state index in [0.29, 0.717) is 6.54 Å². The van der Waals surface area contributed by atoms with Crippen molar-refractivity contribution in [3.05, 3.63) is 61.1 Å². The summed E-state index contributed by atoms with van der Waals surface area (Å²) in [6.45, 7) is 2.38. The van der Waals surface area contributed by atoms with Crippen molar-refractivity contribution in [1.29, 1.82) is 0 Å². The van der Waals surface area contributed by atoms with E-state index in [4.69, 9.17) is 0 Å². The highest BCUT2D eigenvalue weighted by Crippen LogP contribution is 2.05. The number of aryl methyl sites for hydroxylation is 1. The van der Waals surface area contributed by atoms with Crippen LogP contribution in [-0.2, 0) is 13.1 Å². The molecule has 0 bridgehead atoms. The maximum absolute atomic E-state index is 4.44. The first-order chi connectivity index (χ1) is 12.3. The Balaban J connectivity index is 0.00000243. The summed E-state index contributed by atoms with van der Waals surface area (Å²) in [4.78, 5) is 12.7. The van der Waals surface area contributed by atoms with Crippen LogP contribution in [-0.4, -0.2) is 43.9 Å². The van der Waals surface area contributed by atoms with E-state index in [9.17, 15) is 0 Å². The lowest BCUT2D eigenvalue weighted by Crippen LogP contribution is -2.37. The van der Waals surface area contributed by atoms with Gasteiger partial charge in [0, 0.05) is 57.7 Å². The molecule has 3 aromatic rings. The van der Waals surface area contributed by atoms with E-state index in [1.165, 1.54) is 0 Å². The number of hydrogen-bond acceptors (Lipinski definition) is 4. The molecule has 138 valence electrons. The molecule has 0 aliphatic carbocycles. The number of imidazole rings is 1. The van der Waals surface area contributed by atoms with E-state index in [2.05, 4.69) is 30.7 Å². The molecule has 8 nitrogen and oxygen atoms in total. The second-order valence-electron chi connectivity index (χ2n) is 5.47. The first kappa shape index (κ1) is 19.9. The molecule has 0 atom stereocenters. The Kier molecular flexibility index (Phi) is 8.06. The Labute approximate surface area is 169 Å². The van der Waals surface area contributed by atoms with Crippen LogP contribution in [0.5, 0.6) is 0 Å². The van der Waals surface area contributed by atoms with Crippen molar-refractivity contribution >= 4 is 29.9 Å². The first-order valence-corrected chi connectivity index (χ1v) is 8.20. The normalized spacial score (nSPS) is 11.0. The highest BCUT2D eigenvalue weighted by atomic mass is 127. The van der Waals surface area contributed by atoms with Crippen LogP contribution < -0.4 is 10.6 Å². The smallest absolute Gasteiger partial charge is 0.191 e. The van der Waals surface area contributed by atoms with E-state index in [0.717, 1.165) is 36.9 Å². The molecule has 0 aliphatic rings. The van der Waals surface area contributed by atoms with Gasteiger partial charge in [0.1, 0.15) is 12.1 Å². The lowest BCUT2D eigenvalue weighted by atomic mass is 10.3. The minimum Gasteiger partial charge on any atom is -0.356 e. The molecule has 0 saturated carbocycles. The van der Waals surface area contributed by atoms with Gasteiger partial charge in [0.15, 0.2) is 5.96 Å². The number of pyridine rings is 1. The monoisotopic (exact) mass is 466 g/mol. The molecule has 2 N–H and O–H groups in total. The van der Waals surface area contributed by atoms with Gasteiger partial charge in [-0.1, -0.05) is 6.07 Å². The third kappa shape index (κ3) is 5.83. The van der Waals surface area contributed by atoms with Gasteiger partial charge in [-0.2, -0.15) is 5.10 Å². The van der Waals surface area contributed by atoms with Gasteiger partial charge in [0.25, 0.3) is 0 Å². The van der Waals surface area contributed by atoms with E-state index in [1.807, 2.05) is 46.0 Å². The number of nitrogens with one attached hydrogen (secondary N) is 2. The molecule has 26 heavy (non-hydrogen) atoms. The molecule has 3 rings (SSSR count). The number of aromatic nitrogens is 5. The molecule has 0 aromatic carbocycles. The van der Waals surface area contributed by atoms with Gasteiger partial charge >= 0.3 is 0 Å². The molecule has 0 radical (unpaired) electrons. The standard InChI is InChI=1S/C17H22N8.HI/c1-18-17(20-6-2-9-25-10-3-7-23-25)22-13-15-4-5-16(21-12-15)24-11-8-19-14-24;/h3-5,7-8,10-12,14H,2,6,9,13H2,1H3,(H2,18,20,22);1H. The van der Waals surface area contributed by atoms with Crippen molar-refractivity contribution in [3.63, 3.8) is 0 Å². The summed E-state index contributed by atoms with van der Waals surface area (Å²) in [5.74, 6) is 1.63. The van der Waals surface area contributed by atoms with Crippen LogP contribution in [0.25, 0.3) is 5.82 Å². The third-order valence-electron chi connectivity index (χ3n) is 3.68. The number of hydrogen-bond donors (Lipinski definition) is 2. The van der Waals surface area contributed by atoms with E-state index >= 15 is 0 Å². The number of nitrogens with zero attached hydrogens (tertiary/aromatic N) is 6. The van der Waals surface area contributed by atoms with Crippen molar-refractivity contribution in [1.82, 2.24) is 34.9 Å². The Morgan fingerprint density at radius 2 is 2.12 bits per heavy atom. The zero-order chi connectivity index (χ0) is 17.3. The summed E-state index contributed by atoms with van der Waals surface area (Å²) in [5.41, 5.74) is 1.09. The topological polar surface area (TPSA) is 85.0 Å². The Bertz CT molecular complexity index is 766. The average Bonchev–Trinajstić information content (AvgIpc) is 3.35. The van der Waals surface area contributed by atoms with Crippen molar-refractivity contribution in [2.45, 2.75) is 19.5 Å². The lowest BCUT2D eigenvalue weighted by Gasteiger charge is -2.12. The van der Waals surface area contributed by atoms with E-state index in [-0.39, 0.29) is 24.0 Å². The number of guanidine groups is 1. The highest BCUT2D eigenvalue weighted by molar-refractivity contribution is 14.0. The molecule has 0 fully saturated rings. The predicted molar refractivity (Wildman–Crippen MR) is 112 cm³/mol. The SMILES string of the molecule is CN=C(NCCCn1cccn1)NCc1ccc(-n2ccnc2)nc1.I. The maximum atomic E-state index is 4.44. The highest BCUT2D eigenvalue weighted by Gasteiger charge is 2.01. The van der Waals surface area contributed by atoms with Gasteiger partial charge in [-0.3, -0.25) is 14.2 Å². The molecule has 0 amide bonds. The lowest BCUT2D eigenvalue weighted by molar-refractivity contribution is 0.570. The molecule has 0 saturated heterocycles. The van der Waals surface area contributed by atoms with Gasteiger partial charge in [0.05, 0.1) is 0 Å². The summed E-state index contributed by atoms with van der Waals surface area (Å²) < 4.78 is 3.79. The number of halogens is 1. The summed E-state index contributed by atoms with van der Waals surface area (Å²) in [6.07, 6.45) is 11.9. The zero-order valence-electron chi connectivity index (χ0n) is 14.6. The molecular weight excluding hydrogens is 443 g/mol. The van der Waals surface area contributed by atoms with Crippen molar-refractivity contribution in [3.8, 4) is 5.82 Å². The Morgan fingerprint density at radius 3 is 2.77 bits per heavy atom. The number of aliphatic imine (C=N–C) groups is 1. The van der Waals surface area contributed by atoms with Gasteiger partial charge in [-0.05, 0) is 24.1 Å². The minimum atomic E-state index is 0. The molecule has 0 unspecified atom stereocenters. The van der Waals surface area contributed by atoms with Crippen molar-refractivity contribution in [2.75, 3.05) is 13.6 Å². The second kappa shape index (κ2) is 10.5. The van der Waals surface area contributed by atoms with Crippen LogP contribution >= 0.6 is 24.0 Å². The van der Waals surface area contributed by atoms with Gasteiger partial charge in [-0.15, -0.1) is 24.0 Å². The van der Waals surface area contributed by atoms with Crippen LogP contribution in [0.15, 0.2) is 60.5 Å². The predicted octanol–water partition coefficient (Wildman–Crippen LogP) is 1.84. The van der Waals surface area contributed by atoms with Gasteiger partial charge in [-0.25, -0.2) is 9.97 Å². The second-order valence-corrected chi connectivity index (χ2v) is 5.47. The van der Waals surface area contributed by atoms with Crippen LogP contribution in [0.1, 0.15) is 12.0 Å². The van der Waals surface area contributed by atoms with Crippen molar-refractivity contribution in [2.24, 2.45) is 4.99 Å². The van der Waals surface area contributed by atoms with Gasteiger partial charge in [0.2, 0.25) is 0 Å². The fraction of sp³-hybridized carbons (Fsp3) is 0.294. The molecular formula is C17H23IN8. The molecule has 0 spiro atoms. The van der Waals surface area contributed by atoms with Crippen LogP contribution in [0.3, 0.4) is 0 Å².